The molecule has 0 aliphatic rings. The van der Waals surface area contributed by atoms with Gasteiger partial charge >= 0.3 is 0 Å². The molecule has 0 bridgehead atoms. The van der Waals surface area contributed by atoms with Crippen LogP contribution in [0.4, 0.5) is 11.4 Å². The lowest BCUT2D eigenvalue weighted by atomic mass is 10.2. The molecule has 0 aliphatic heterocycles. The molecule has 0 aromatic heterocycles. The third-order valence-electron chi connectivity index (χ3n) is 2.72. The highest BCUT2D eigenvalue weighted by molar-refractivity contribution is 5.60. The molecular weight excluding hydrogens is 228 g/mol. The lowest BCUT2D eigenvalue weighted by Crippen LogP contribution is -2.24. The molecule has 0 saturated carbocycles. The quantitative estimate of drug-likeness (QED) is 0.697. The molecule has 0 radical (unpaired) electrons. The van der Waals surface area contributed by atoms with E-state index in [-0.39, 0.29) is 6.61 Å². The molecule has 0 spiro atoms. The number of nitrogens with two attached hydrogens (primary N) is 1. The topological polar surface area (TPSA) is 58.7 Å². The molecule has 0 heterocycles. The Morgan fingerprint density at radius 1 is 1.28 bits per heavy atom. The van der Waals surface area contributed by atoms with Crippen molar-refractivity contribution in [2.45, 2.75) is 26.7 Å². The highest BCUT2D eigenvalue weighted by Gasteiger charge is 2.07. The van der Waals surface area contributed by atoms with Gasteiger partial charge in [-0.15, -0.1) is 0 Å². The maximum absolute atomic E-state index is 8.91. The van der Waals surface area contributed by atoms with Gasteiger partial charge in [0.05, 0.1) is 6.61 Å². The predicted octanol–water partition coefficient (Wildman–Crippen LogP) is 2.27. The molecule has 4 heteroatoms. The SMILES string of the molecule is CCCOc1cc(N)cc(N(CC)CCCO)c1. The summed E-state index contributed by atoms with van der Waals surface area (Å²) in [5.74, 6) is 0.814. The number of nitrogen functional groups attached to an aromatic ring is 1. The number of benzene rings is 1. The lowest BCUT2D eigenvalue weighted by Gasteiger charge is -2.23. The largest absolute Gasteiger partial charge is 0.493 e. The number of aliphatic hydroxyl groups is 1. The fourth-order valence-corrected chi connectivity index (χ4v) is 1.82. The van der Waals surface area contributed by atoms with Crippen molar-refractivity contribution >= 4 is 11.4 Å². The summed E-state index contributed by atoms with van der Waals surface area (Å²) in [4.78, 5) is 2.19. The summed E-state index contributed by atoms with van der Waals surface area (Å²) in [6.07, 6.45) is 1.74. The van der Waals surface area contributed by atoms with Gasteiger partial charge in [0.25, 0.3) is 0 Å². The van der Waals surface area contributed by atoms with Crippen LogP contribution >= 0.6 is 0 Å². The smallest absolute Gasteiger partial charge is 0.123 e. The van der Waals surface area contributed by atoms with Gasteiger partial charge in [0.1, 0.15) is 5.75 Å². The van der Waals surface area contributed by atoms with Gasteiger partial charge < -0.3 is 20.5 Å². The summed E-state index contributed by atoms with van der Waals surface area (Å²) in [5, 5.41) is 8.91. The number of aliphatic hydroxyl groups excluding tert-OH is 1. The van der Waals surface area contributed by atoms with Gasteiger partial charge in [0.15, 0.2) is 0 Å². The van der Waals surface area contributed by atoms with Gasteiger partial charge in [-0.3, -0.25) is 0 Å². The summed E-state index contributed by atoms with van der Waals surface area (Å²) in [5.41, 5.74) is 7.66. The Hall–Kier alpha value is -1.42. The van der Waals surface area contributed by atoms with E-state index in [1.807, 2.05) is 18.2 Å². The van der Waals surface area contributed by atoms with Gasteiger partial charge in [0.2, 0.25) is 0 Å². The van der Waals surface area contributed by atoms with Crippen LogP contribution in [0.1, 0.15) is 26.7 Å². The zero-order valence-corrected chi connectivity index (χ0v) is 11.4. The maximum Gasteiger partial charge on any atom is 0.123 e. The Kier molecular flexibility index (Phi) is 6.36. The Labute approximate surface area is 109 Å². The minimum Gasteiger partial charge on any atom is -0.493 e. The van der Waals surface area contributed by atoms with Crippen LogP contribution in [-0.4, -0.2) is 31.4 Å². The normalized spacial score (nSPS) is 10.4. The first-order valence-electron chi connectivity index (χ1n) is 6.60. The van der Waals surface area contributed by atoms with Gasteiger partial charge in [0, 0.05) is 43.2 Å². The van der Waals surface area contributed by atoms with E-state index in [1.165, 1.54) is 0 Å². The lowest BCUT2D eigenvalue weighted by molar-refractivity contribution is 0.289. The van der Waals surface area contributed by atoms with Crippen LogP contribution in [-0.2, 0) is 0 Å². The number of hydrogen-bond donors (Lipinski definition) is 2. The zero-order chi connectivity index (χ0) is 13.4. The van der Waals surface area contributed by atoms with Crippen molar-refractivity contribution in [2.24, 2.45) is 0 Å². The molecule has 4 nitrogen and oxygen atoms in total. The first kappa shape index (κ1) is 14.6. The number of nitrogens with zero attached hydrogens (tertiary/aromatic N) is 1. The highest BCUT2D eigenvalue weighted by Crippen LogP contribution is 2.25. The van der Waals surface area contributed by atoms with E-state index in [1.54, 1.807) is 0 Å². The zero-order valence-electron chi connectivity index (χ0n) is 11.4. The van der Waals surface area contributed by atoms with Crippen molar-refractivity contribution in [1.29, 1.82) is 0 Å². The molecule has 0 aliphatic carbocycles. The van der Waals surface area contributed by atoms with Crippen LogP contribution in [0.15, 0.2) is 18.2 Å². The first-order chi connectivity index (χ1) is 8.71. The van der Waals surface area contributed by atoms with Crippen LogP contribution < -0.4 is 15.4 Å². The second-order valence-corrected chi connectivity index (χ2v) is 4.27. The number of ether oxygens (including phenoxy) is 1. The monoisotopic (exact) mass is 252 g/mol. The van der Waals surface area contributed by atoms with E-state index in [4.69, 9.17) is 15.6 Å². The molecule has 0 unspecified atom stereocenters. The van der Waals surface area contributed by atoms with Crippen molar-refractivity contribution in [3.05, 3.63) is 18.2 Å². The average molecular weight is 252 g/mol. The second kappa shape index (κ2) is 7.82. The molecule has 3 N–H and O–H groups in total. The third-order valence-corrected chi connectivity index (χ3v) is 2.72. The van der Waals surface area contributed by atoms with E-state index >= 15 is 0 Å². The summed E-state index contributed by atoms with van der Waals surface area (Å²) < 4.78 is 5.62. The Bertz CT molecular complexity index is 356. The van der Waals surface area contributed by atoms with Crippen molar-refractivity contribution in [3.63, 3.8) is 0 Å². The van der Waals surface area contributed by atoms with Gasteiger partial charge in [-0.25, -0.2) is 0 Å². The average Bonchev–Trinajstić information content (AvgIpc) is 2.37. The molecule has 1 aromatic carbocycles. The molecule has 1 aromatic rings. The molecule has 0 fully saturated rings. The van der Waals surface area contributed by atoms with E-state index in [0.717, 1.165) is 37.4 Å². The van der Waals surface area contributed by atoms with E-state index in [0.29, 0.717) is 12.3 Å². The van der Waals surface area contributed by atoms with E-state index < -0.39 is 0 Å². The Morgan fingerprint density at radius 3 is 2.67 bits per heavy atom. The van der Waals surface area contributed by atoms with Crippen LogP contribution in [0, 0.1) is 0 Å². The number of anilines is 2. The van der Waals surface area contributed by atoms with Gasteiger partial charge in [-0.2, -0.15) is 0 Å². The van der Waals surface area contributed by atoms with Crippen LogP contribution in [0.3, 0.4) is 0 Å². The van der Waals surface area contributed by atoms with Crippen molar-refractivity contribution in [2.75, 3.05) is 36.9 Å². The van der Waals surface area contributed by atoms with Crippen LogP contribution in [0.2, 0.25) is 0 Å². The second-order valence-electron chi connectivity index (χ2n) is 4.27. The molecule has 0 amide bonds. The van der Waals surface area contributed by atoms with Crippen molar-refractivity contribution in [1.82, 2.24) is 0 Å². The molecular formula is C14H24N2O2. The molecule has 18 heavy (non-hydrogen) atoms. The highest BCUT2D eigenvalue weighted by atomic mass is 16.5. The third kappa shape index (κ3) is 4.45. The van der Waals surface area contributed by atoms with Crippen LogP contribution in [0.25, 0.3) is 0 Å². The van der Waals surface area contributed by atoms with Crippen LogP contribution in [0.5, 0.6) is 5.75 Å². The fourth-order valence-electron chi connectivity index (χ4n) is 1.82. The summed E-state index contributed by atoms with van der Waals surface area (Å²) in [6.45, 7) is 6.78. The minimum absolute atomic E-state index is 0.206. The van der Waals surface area contributed by atoms with E-state index in [2.05, 4.69) is 18.7 Å². The van der Waals surface area contributed by atoms with Gasteiger partial charge in [-0.05, 0) is 25.8 Å². The fraction of sp³-hybridized carbons (Fsp3) is 0.571. The molecule has 1 rings (SSSR count). The standard InChI is InChI=1S/C14H24N2O2/c1-3-8-18-14-10-12(15)9-13(11-14)16(4-2)6-5-7-17/h9-11,17H,3-8,15H2,1-2H3. The summed E-state index contributed by atoms with van der Waals surface area (Å²) in [7, 11) is 0. The molecule has 0 atom stereocenters. The van der Waals surface area contributed by atoms with Crippen molar-refractivity contribution in [3.8, 4) is 5.75 Å². The predicted molar refractivity (Wildman–Crippen MR) is 76.2 cm³/mol. The summed E-state index contributed by atoms with van der Waals surface area (Å²) >= 11 is 0. The first-order valence-corrected chi connectivity index (χ1v) is 6.60. The number of rotatable bonds is 8. The van der Waals surface area contributed by atoms with E-state index in [9.17, 15) is 0 Å². The molecule has 0 saturated heterocycles. The Balaban J connectivity index is 2.81. The van der Waals surface area contributed by atoms with Crippen molar-refractivity contribution < 1.29 is 9.84 Å². The minimum atomic E-state index is 0.206. The number of hydrogen-bond acceptors (Lipinski definition) is 4. The molecule has 102 valence electrons. The van der Waals surface area contributed by atoms with Gasteiger partial charge in [-0.1, -0.05) is 6.92 Å². The Morgan fingerprint density at radius 2 is 2.06 bits per heavy atom. The summed E-state index contributed by atoms with van der Waals surface area (Å²) in [6, 6.07) is 5.80. The maximum atomic E-state index is 8.91.